The molecule has 0 fully saturated rings. The number of nitrogens with two attached hydrogens (primary N) is 1. The Balaban J connectivity index is 1.51. The van der Waals surface area contributed by atoms with Gasteiger partial charge in [-0.25, -0.2) is 9.67 Å². The zero-order chi connectivity index (χ0) is 35.4. The maximum Gasteiger partial charge on any atom is 0.333 e. The molecule has 2 atom stereocenters. The Hall–Kier alpha value is -4.99. The van der Waals surface area contributed by atoms with Crippen molar-refractivity contribution in [1.29, 1.82) is 0 Å². The maximum absolute atomic E-state index is 14.6. The number of fused-ring (bicyclic) bond motifs is 2. The zero-order valence-electron chi connectivity index (χ0n) is 25.4. The Kier molecular flexibility index (Phi) is 8.63. The number of alkyl halides is 2. The van der Waals surface area contributed by atoms with E-state index >= 15 is 0 Å². The van der Waals surface area contributed by atoms with E-state index in [0.717, 1.165) is 18.3 Å². The number of hydrogen-bond donors (Lipinski definition) is 3. The molecule has 4 N–H and O–H groups in total. The van der Waals surface area contributed by atoms with Crippen molar-refractivity contribution in [3.05, 3.63) is 99.1 Å². The van der Waals surface area contributed by atoms with E-state index in [-0.39, 0.29) is 67.1 Å². The van der Waals surface area contributed by atoms with Crippen LogP contribution in [0.4, 0.5) is 17.6 Å². The van der Waals surface area contributed by atoms with Crippen LogP contribution >= 0.6 is 23.2 Å². The van der Waals surface area contributed by atoms with Gasteiger partial charge in [0.05, 0.1) is 29.4 Å². The third-order valence-electron chi connectivity index (χ3n) is 8.27. The van der Waals surface area contributed by atoms with Crippen LogP contribution in [0.15, 0.2) is 54.7 Å². The van der Waals surface area contributed by atoms with Gasteiger partial charge in [-0.15, -0.1) is 0 Å². The average molecular weight is 719 g/mol. The number of hydrogen-bond acceptors (Lipinski definition) is 8. The van der Waals surface area contributed by atoms with Crippen molar-refractivity contribution >= 4 is 45.9 Å². The van der Waals surface area contributed by atoms with E-state index in [2.05, 4.69) is 20.4 Å². The minimum Gasteiger partial charge on any atom is -0.494 e. The van der Waals surface area contributed by atoms with Gasteiger partial charge in [0.15, 0.2) is 0 Å². The number of carbonyl (C=O) groups is 2. The summed E-state index contributed by atoms with van der Waals surface area (Å²) in [6, 6.07) is 9.93. The molecular weight excluding hydrogens is 695 g/mol. The van der Waals surface area contributed by atoms with Crippen LogP contribution in [0.25, 0.3) is 22.2 Å². The van der Waals surface area contributed by atoms with Gasteiger partial charge >= 0.3 is 6.55 Å². The maximum atomic E-state index is 14.6. The fraction of sp³-hybridized carbons (Fsp3) is 0.219. The molecule has 17 heteroatoms. The smallest absolute Gasteiger partial charge is 0.333 e. The van der Waals surface area contributed by atoms with Crippen molar-refractivity contribution in [3.63, 3.8) is 0 Å². The zero-order valence-corrected chi connectivity index (χ0v) is 26.9. The highest BCUT2D eigenvalue weighted by atomic mass is 35.5. The minimum absolute atomic E-state index is 0.00431. The van der Waals surface area contributed by atoms with Crippen molar-refractivity contribution in [2.45, 2.75) is 24.5 Å². The summed E-state index contributed by atoms with van der Waals surface area (Å²) in [5, 5.41) is 19.0. The van der Waals surface area contributed by atoms with Gasteiger partial charge in [0.2, 0.25) is 17.8 Å². The average Bonchev–Trinajstić information content (AvgIpc) is 3.66. The number of methoxy groups -OCH3 is 1. The second-order valence-electron chi connectivity index (χ2n) is 11.4. The monoisotopic (exact) mass is 718 g/mol. The molecular formula is C32H24Cl2F4N6O5. The van der Waals surface area contributed by atoms with Crippen LogP contribution in [0.5, 0.6) is 11.5 Å². The van der Waals surface area contributed by atoms with E-state index in [4.69, 9.17) is 38.4 Å². The van der Waals surface area contributed by atoms with Crippen LogP contribution in [0.3, 0.4) is 0 Å². The van der Waals surface area contributed by atoms with Gasteiger partial charge in [0.25, 0.3) is 5.91 Å². The molecule has 0 spiro atoms. The summed E-state index contributed by atoms with van der Waals surface area (Å²) in [7, 11) is 1.26. The molecule has 11 nitrogen and oxygen atoms in total. The predicted molar refractivity (Wildman–Crippen MR) is 169 cm³/mol. The molecule has 5 aromatic rings. The quantitative estimate of drug-likeness (QED) is 0.137. The molecule has 1 aliphatic heterocycles. The van der Waals surface area contributed by atoms with Gasteiger partial charge in [0.1, 0.15) is 40.3 Å². The first-order chi connectivity index (χ1) is 23.2. The second kappa shape index (κ2) is 12.5. The number of halogens is 6. The number of primary amides is 1. The van der Waals surface area contributed by atoms with Crippen LogP contribution in [0.1, 0.15) is 40.7 Å². The lowest BCUT2D eigenvalue weighted by atomic mass is 9.81. The van der Waals surface area contributed by atoms with Crippen LogP contribution in [-0.2, 0) is 15.8 Å². The molecule has 0 bridgehead atoms. The lowest BCUT2D eigenvalue weighted by molar-refractivity contribution is -0.123. The number of pyridine rings is 2. The lowest BCUT2D eigenvalue weighted by Gasteiger charge is -2.30. The molecule has 2 aromatic carbocycles. The van der Waals surface area contributed by atoms with Gasteiger partial charge in [-0.3, -0.25) is 9.59 Å². The Morgan fingerprint density at radius 3 is 2.53 bits per heavy atom. The fourth-order valence-corrected chi connectivity index (χ4v) is 5.92. The highest BCUT2D eigenvalue weighted by molar-refractivity contribution is 6.43. The molecule has 0 saturated carbocycles. The Labute approximate surface area is 284 Å². The number of ether oxygens (including phenoxy) is 2. The number of aliphatic hydroxyl groups is 1. The van der Waals surface area contributed by atoms with Crippen LogP contribution < -0.4 is 20.5 Å². The molecule has 3 aromatic heterocycles. The molecule has 254 valence electrons. The molecule has 49 heavy (non-hydrogen) atoms. The summed E-state index contributed by atoms with van der Waals surface area (Å²) >= 11 is 12.8. The lowest BCUT2D eigenvalue weighted by Crippen LogP contribution is -2.43. The van der Waals surface area contributed by atoms with E-state index in [9.17, 15) is 32.3 Å². The SMILES string of the molecule is COc1cc(C(=O)NCC(O)(c2cc(F)nc(F)c2)c2cc3c(c(-c4cccc(Cl)c4Cl)n2)OC[C@]3(C)C(N)=O)cc2cn(C(F)F)nc12. The van der Waals surface area contributed by atoms with Crippen molar-refractivity contribution in [1.82, 2.24) is 25.1 Å². The Morgan fingerprint density at radius 2 is 1.88 bits per heavy atom. The van der Waals surface area contributed by atoms with E-state index in [1.807, 2.05) is 0 Å². The van der Waals surface area contributed by atoms with E-state index in [1.54, 1.807) is 12.1 Å². The summed E-state index contributed by atoms with van der Waals surface area (Å²) in [6.07, 6.45) is 1.02. The summed E-state index contributed by atoms with van der Waals surface area (Å²) < 4.78 is 67.3. The van der Waals surface area contributed by atoms with Crippen molar-refractivity contribution < 1.29 is 41.7 Å². The van der Waals surface area contributed by atoms with Gasteiger partial charge in [-0.05, 0) is 43.3 Å². The van der Waals surface area contributed by atoms with Gasteiger partial charge in [-0.1, -0.05) is 35.3 Å². The summed E-state index contributed by atoms with van der Waals surface area (Å²) in [4.78, 5) is 34.0. The van der Waals surface area contributed by atoms with Crippen LogP contribution in [0.2, 0.25) is 10.0 Å². The fourth-order valence-electron chi connectivity index (χ4n) is 5.53. The van der Waals surface area contributed by atoms with Crippen molar-refractivity contribution in [3.8, 4) is 22.8 Å². The van der Waals surface area contributed by atoms with Crippen molar-refractivity contribution in [2.24, 2.45) is 5.73 Å². The number of nitrogens with one attached hydrogen (secondary N) is 1. The second-order valence-corrected chi connectivity index (χ2v) is 12.2. The number of amides is 2. The number of nitrogens with zero attached hydrogens (tertiary/aromatic N) is 4. The first-order valence-corrected chi connectivity index (χ1v) is 15.0. The van der Waals surface area contributed by atoms with Crippen molar-refractivity contribution in [2.75, 3.05) is 20.3 Å². The highest BCUT2D eigenvalue weighted by Gasteiger charge is 2.46. The number of rotatable bonds is 9. The Morgan fingerprint density at radius 1 is 1.16 bits per heavy atom. The molecule has 0 radical (unpaired) electrons. The Bertz CT molecular complexity index is 2150. The van der Waals surface area contributed by atoms with Gasteiger partial charge < -0.3 is 25.6 Å². The topological polar surface area (TPSA) is 154 Å². The van der Waals surface area contributed by atoms with E-state index in [0.29, 0.717) is 4.68 Å². The first kappa shape index (κ1) is 33.9. The molecule has 0 saturated heterocycles. The standard InChI is InChI=1S/C32H24Cl2F4N6O5/c1-31(29(39)46)13-49-27-18(31)10-21(41-26(27)17-4-3-5-19(33)24(17)34)32(47,16-8-22(35)42-23(36)9-16)12-40-28(45)14-6-15-11-44(30(37)38)43-25(15)20(7-14)48-2/h3-11,30,47H,12-13H2,1-2H3,(H2,39,46)(H,40,45)/t31-,32?/m0/s1. The molecule has 4 heterocycles. The molecule has 1 unspecified atom stereocenters. The number of carbonyl (C=O) groups excluding carboxylic acids is 2. The van der Waals surface area contributed by atoms with Gasteiger partial charge in [-0.2, -0.15) is 27.6 Å². The molecule has 1 aliphatic rings. The largest absolute Gasteiger partial charge is 0.494 e. The number of benzene rings is 2. The van der Waals surface area contributed by atoms with E-state index in [1.165, 1.54) is 38.3 Å². The first-order valence-electron chi connectivity index (χ1n) is 14.3. The summed E-state index contributed by atoms with van der Waals surface area (Å²) in [5.41, 5.74) is 1.46. The predicted octanol–water partition coefficient (Wildman–Crippen LogP) is 5.28. The normalized spacial score (nSPS) is 16.7. The van der Waals surface area contributed by atoms with E-state index < -0.39 is 53.4 Å². The minimum atomic E-state index is -2.96. The van der Waals surface area contributed by atoms with Crippen LogP contribution in [-0.4, -0.2) is 56.9 Å². The summed E-state index contributed by atoms with van der Waals surface area (Å²) in [5.74, 6) is -4.12. The molecule has 2 amide bonds. The van der Waals surface area contributed by atoms with Gasteiger partial charge in [0, 0.05) is 33.8 Å². The number of aromatic nitrogens is 4. The molecule has 6 rings (SSSR count). The third kappa shape index (κ3) is 5.87. The summed E-state index contributed by atoms with van der Waals surface area (Å²) in [6.45, 7) is -2.44. The molecule has 0 aliphatic carbocycles. The van der Waals surface area contributed by atoms with Crippen LogP contribution in [0, 0.1) is 11.9 Å². The highest BCUT2D eigenvalue weighted by Crippen LogP contribution is 2.48. The third-order valence-corrected chi connectivity index (χ3v) is 9.08.